The highest BCUT2D eigenvalue weighted by molar-refractivity contribution is 6.04. The summed E-state index contributed by atoms with van der Waals surface area (Å²) < 4.78 is 12.1. The Morgan fingerprint density at radius 2 is 1.87 bits per heavy atom. The maximum atomic E-state index is 13.1. The van der Waals surface area contributed by atoms with Crippen LogP contribution in [0.1, 0.15) is 36.4 Å². The number of amides is 4. The third-order valence-corrected chi connectivity index (χ3v) is 7.73. The zero-order valence-corrected chi connectivity index (χ0v) is 21.7. The van der Waals surface area contributed by atoms with Crippen LogP contribution < -0.4 is 25.6 Å². The summed E-state index contributed by atoms with van der Waals surface area (Å²) in [4.78, 5) is 54.1. The summed E-state index contributed by atoms with van der Waals surface area (Å²) >= 11 is 0. The number of piperidine rings is 1. The van der Waals surface area contributed by atoms with E-state index in [2.05, 4.69) is 5.32 Å². The van der Waals surface area contributed by atoms with Crippen LogP contribution in [0, 0.1) is 11.1 Å². The highest BCUT2D eigenvalue weighted by atomic mass is 16.8. The van der Waals surface area contributed by atoms with Crippen LogP contribution in [-0.4, -0.2) is 70.8 Å². The van der Waals surface area contributed by atoms with E-state index in [-0.39, 0.29) is 48.7 Å². The first-order valence-corrected chi connectivity index (χ1v) is 12.8. The molecule has 2 fully saturated rings. The maximum Gasteiger partial charge on any atom is 0.325 e. The van der Waals surface area contributed by atoms with E-state index in [1.807, 2.05) is 0 Å². The van der Waals surface area contributed by atoms with Gasteiger partial charge in [-0.15, -0.1) is 0 Å². The van der Waals surface area contributed by atoms with Gasteiger partial charge in [-0.1, -0.05) is 6.07 Å². The largest absolute Gasteiger partial charge is 0.595 e. The number of ether oxygens (including phenoxy) is 2. The van der Waals surface area contributed by atoms with Crippen molar-refractivity contribution in [2.75, 3.05) is 27.3 Å². The molecule has 3 aliphatic heterocycles. The SMILES string of the molecule is COc1ccc(CN2C(=O)NC(CCC(=O)N3CC4CC(C3)c3ccc([NH+]([O-])O)c(=O)n3C4)C2=O)cc1OC. The van der Waals surface area contributed by atoms with Crippen molar-refractivity contribution in [3.63, 3.8) is 0 Å². The van der Waals surface area contributed by atoms with Crippen LogP contribution in [0.4, 0.5) is 10.5 Å². The first-order valence-electron chi connectivity index (χ1n) is 12.8. The molecule has 4 amide bonds. The molecule has 2 saturated heterocycles. The average molecular weight is 542 g/mol. The standard InChI is InChI=1S/C26H31N5O8/c1-38-21-7-3-15(10-22(21)39-2)12-30-24(33)18(27-26(30)35)4-8-23(32)28-11-16-9-17(14-28)19-5-6-20(31(36)37)25(34)29(19)13-16/h3,5-7,10,16-18,31,36H,4,8-9,11-14H2,1-2H3,(H,27,35). The molecule has 0 aliphatic carbocycles. The van der Waals surface area contributed by atoms with Gasteiger partial charge in [-0.25, -0.2) is 10.0 Å². The van der Waals surface area contributed by atoms with Crippen molar-refractivity contribution in [1.82, 2.24) is 19.7 Å². The van der Waals surface area contributed by atoms with Gasteiger partial charge >= 0.3 is 11.6 Å². The zero-order chi connectivity index (χ0) is 27.8. The Morgan fingerprint density at radius 3 is 2.59 bits per heavy atom. The Kier molecular flexibility index (Phi) is 7.30. The van der Waals surface area contributed by atoms with Gasteiger partial charge in [0, 0.05) is 43.7 Å². The molecule has 4 unspecified atom stereocenters. The highest BCUT2D eigenvalue weighted by Gasteiger charge is 2.40. The fourth-order valence-corrected chi connectivity index (χ4v) is 5.82. The topological polar surface area (TPSA) is 158 Å². The van der Waals surface area contributed by atoms with Crippen molar-refractivity contribution in [3.05, 3.63) is 57.2 Å². The minimum absolute atomic E-state index is 0.0340. The van der Waals surface area contributed by atoms with E-state index in [4.69, 9.17) is 9.47 Å². The molecule has 4 heterocycles. The lowest BCUT2D eigenvalue weighted by Crippen LogP contribution is -3.00. The number of aromatic nitrogens is 1. The molecule has 1 aromatic heterocycles. The van der Waals surface area contributed by atoms with E-state index < -0.39 is 22.9 Å². The Labute approximate surface area is 224 Å². The number of rotatable bonds is 8. The molecule has 0 spiro atoms. The number of pyridine rings is 1. The summed E-state index contributed by atoms with van der Waals surface area (Å²) in [5.41, 5.74) is 0.670. The molecule has 0 radical (unpaired) electrons. The van der Waals surface area contributed by atoms with Crippen molar-refractivity contribution in [2.45, 2.75) is 44.3 Å². The van der Waals surface area contributed by atoms with Gasteiger partial charge in [-0.05, 0) is 42.5 Å². The predicted molar refractivity (Wildman–Crippen MR) is 136 cm³/mol. The van der Waals surface area contributed by atoms with Gasteiger partial charge in [0.2, 0.25) is 11.6 Å². The van der Waals surface area contributed by atoms with E-state index in [1.165, 1.54) is 24.9 Å². The summed E-state index contributed by atoms with van der Waals surface area (Å²) in [5, 5.41) is 22.1. The number of methoxy groups -OCH3 is 2. The quantitative estimate of drug-likeness (QED) is 0.314. The molecule has 4 atom stereocenters. The molecule has 2 aromatic rings. The fraction of sp³-hybridized carbons (Fsp3) is 0.462. The maximum absolute atomic E-state index is 13.1. The fourth-order valence-electron chi connectivity index (χ4n) is 5.82. The van der Waals surface area contributed by atoms with Crippen LogP contribution in [0.15, 0.2) is 35.1 Å². The monoisotopic (exact) mass is 541 g/mol. The average Bonchev–Trinajstić information content (AvgIpc) is 3.19. The number of nitrogens with zero attached hydrogens (tertiary/aromatic N) is 3. The van der Waals surface area contributed by atoms with E-state index in [1.54, 1.807) is 29.2 Å². The molecule has 5 rings (SSSR count). The van der Waals surface area contributed by atoms with Gasteiger partial charge < -0.3 is 29.5 Å². The van der Waals surface area contributed by atoms with Crippen LogP contribution >= 0.6 is 0 Å². The molecule has 3 N–H and O–H groups in total. The van der Waals surface area contributed by atoms with Crippen LogP contribution in [0.3, 0.4) is 0 Å². The number of hydrogen-bond donors (Lipinski definition) is 3. The van der Waals surface area contributed by atoms with E-state index >= 15 is 0 Å². The number of carbonyl (C=O) groups is 3. The summed E-state index contributed by atoms with van der Waals surface area (Å²) in [5.74, 6) is 0.486. The summed E-state index contributed by atoms with van der Waals surface area (Å²) in [6, 6.07) is 6.86. The van der Waals surface area contributed by atoms with Gasteiger partial charge in [0.25, 0.3) is 5.91 Å². The second-order valence-corrected chi connectivity index (χ2v) is 10.1. The second kappa shape index (κ2) is 10.7. The van der Waals surface area contributed by atoms with Gasteiger partial charge in [0.1, 0.15) is 6.04 Å². The number of likely N-dealkylation sites (tertiary alicyclic amines) is 1. The molecule has 0 saturated carbocycles. The molecule has 39 heavy (non-hydrogen) atoms. The smallest absolute Gasteiger partial charge is 0.325 e. The minimum atomic E-state index is -1.25. The Morgan fingerprint density at radius 1 is 1.10 bits per heavy atom. The molecule has 1 aromatic carbocycles. The molecule has 3 aliphatic rings. The predicted octanol–water partition coefficient (Wildman–Crippen LogP) is 0.115. The zero-order valence-electron chi connectivity index (χ0n) is 21.7. The highest BCUT2D eigenvalue weighted by Crippen LogP contribution is 2.35. The number of benzene rings is 1. The lowest BCUT2D eigenvalue weighted by molar-refractivity contribution is -0.992. The summed E-state index contributed by atoms with van der Waals surface area (Å²) in [6.07, 6.45) is 1.08. The second-order valence-electron chi connectivity index (χ2n) is 10.1. The lowest BCUT2D eigenvalue weighted by Gasteiger charge is -2.43. The summed E-state index contributed by atoms with van der Waals surface area (Å²) in [6.45, 7) is 1.29. The normalized spacial score (nSPS) is 22.8. The van der Waals surface area contributed by atoms with Crippen LogP contribution in [0.2, 0.25) is 0 Å². The number of urea groups is 1. The first kappa shape index (κ1) is 26.7. The van der Waals surface area contributed by atoms with Crippen molar-refractivity contribution in [2.24, 2.45) is 5.92 Å². The first-order chi connectivity index (χ1) is 18.7. The lowest BCUT2D eigenvalue weighted by atomic mass is 9.83. The van der Waals surface area contributed by atoms with Crippen LogP contribution in [0.5, 0.6) is 11.5 Å². The van der Waals surface area contributed by atoms with E-state index in [9.17, 15) is 29.6 Å². The van der Waals surface area contributed by atoms with E-state index in [0.29, 0.717) is 36.7 Å². The van der Waals surface area contributed by atoms with Crippen molar-refractivity contribution >= 4 is 23.5 Å². The van der Waals surface area contributed by atoms with E-state index in [0.717, 1.165) is 17.0 Å². The number of imide groups is 1. The third-order valence-electron chi connectivity index (χ3n) is 7.73. The minimum Gasteiger partial charge on any atom is -0.595 e. The van der Waals surface area contributed by atoms with Crippen molar-refractivity contribution in [1.29, 1.82) is 0 Å². The number of nitrogens with one attached hydrogen (secondary N) is 2. The van der Waals surface area contributed by atoms with Gasteiger partial charge in [-0.2, -0.15) is 5.23 Å². The number of carbonyl (C=O) groups excluding carboxylic acids is 3. The number of fused-ring (bicyclic) bond motifs is 4. The van der Waals surface area contributed by atoms with Gasteiger partial charge in [0.15, 0.2) is 11.5 Å². The molecule has 13 nitrogen and oxygen atoms in total. The number of quaternary nitrogens is 1. The molecule has 2 bridgehead atoms. The van der Waals surface area contributed by atoms with Crippen LogP contribution in [0.25, 0.3) is 0 Å². The van der Waals surface area contributed by atoms with Crippen molar-refractivity contribution in [3.8, 4) is 11.5 Å². The van der Waals surface area contributed by atoms with Crippen molar-refractivity contribution < 1.29 is 34.3 Å². The van der Waals surface area contributed by atoms with Gasteiger partial charge in [0.05, 0.1) is 20.8 Å². The molecular formula is C26H31N5O8. The number of hydrogen-bond acceptors (Lipinski definition) is 8. The third kappa shape index (κ3) is 5.07. The molecule has 208 valence electrons. The molecular weight excluding hydrogens is 510 g/mol. The summed E-state index contributed by atoms with van der Waals surface area (Å²) in [7, 11) is 3.03. The van der Waals surface area contributed by atoms with Gasteiger partial charge in [-0.3, -0.25) is 19.3 Å². The van der Waals surface area contributed by atoms with Crippen LogP contribution in [-0.2, 0) is 22.7 Å². The Balaban J connectivity index is 1.19. The Bertz CT molecular complexity index is 1360. The molecule has 13 heteroatoms. The Hall–Kier alpha value is -3.94.